The number of carbonyl (C=O) groups excluding carboxylic acids is 3. The Morgan fingerprint density at radius 3 is 2.28 bits per heavy atom. The summed E-state index contributed by atoms with van der Waals surface area (Å²) in [6.45, 7) is 2.37. The van der Waals surface area contributed by atoms with E-state index in [1.165, 1.54) is 24.3 Å². The first kappa shape index (κ1) is 22.4. The standard InChI is InChI=1S/C21H23FN2O4S/c1-2-3-11-28-21(27)15-5-4-6-18(12-15)24-20(26)14-29-13-19(25)23-17-9-7-16(22)8-10-17/h4-10,12H,2-3,11,13-14H2,1H3,(H,23,25)(H,24,26). The van der Waals surface area contributed by atoms with Gasteiger partial charge in [0.1, 0.15) is 5.82 Å². The van der Waals surface area contributed by atoms with Crippen molar-refractivity contribution in [2.45, 2.75) is 19.8 Å². The number of thioether (sulfide) groups is 1. The summed E-state index contributed by atoms with van der Waals surface area (Å²) in [7, 11) is 0. The lowest BCUT2D eigenvalue weighted by Gasteiger charge is -2.08. The number of carbonyl (C=O) groups is 3. The number of ether oxygens (including phenoxy) is 1. The van der Waals surface area contributed by atoms with Crippen molar-refractivity contribution in [1.29, 1.82) is 0 Å². The van der Waals surface area contributed by atoms with Crippen LogP contribution in [0.4, 0.5) is 15.8 Å². The summed E-state index contributed by atoms with van der Waals surface area (Å²) in [5.41, 5.74) is 1.34. The molecule has 0 aliphatic heterocycles. The molecule has 0 bridgehead atoms. The molecule has 2 aromatic carbocycles. The predicted octanol–water partition coefficient (Wildman–Crippen LogP) is 4.09. The van der Waals surface area contributed by atoms with Crippen molar-refractivity contribution in [1.82, 2.24) is 0 Å². The fourth-order valence-corrected chi connectivity index (χ4v) is 2.90. The molecule has 6 nitrogen and oxygen atoms in total. The molecule has 0 saturated heterocycles. The highest BCUT2D eigenvalue weighted by atomic mass is 32.2. The second kappa shape index (κ2) is 11.9. The maximum Gasteiger partial charge on any atom is 0.338 e. The first-order chi connectivity index (χ1) is 14.0. The summed E-state index contributed by atoms with van der Waals surface area (Å²) in [4.78, 5) is 35.9. The molecule has 0 radical (unpaired) electrons. The third kappa shape index (κ3) is 8.35. The van der Waals surface area contributed by atoms with Gasteiger partial charge < -0.3 is 15.4 Å². The normalized spacial score (nSPS) is 10.3. The Kier molecular flexibility index (Phi) is 9.17. The SMILES string of the molecule is CCCCOC(=O)c1cccc(NC(=O)CSCC(=O)Nc2ccc(F)cc2)c1. The quantitative estimate of drug-likeness (QED) is 0.448. The summed E-state index contributed by atoms with van der Waals surface area (Å²) < 4.78 is 18.0. The van der Waals surface area contributed by atoms with Crippen molar-refractivity contribution in [2.24, 2.45) is 0 Å². The van der Waals surface area contributed by atoms with Gasteiger partial charge >= 0.3 is 5.97 Å². The van der Waals surface area contributed by atoms with Crippen LogP contribution in [0.5, 0.6) is 0 Å². The van der Waals surface area contributed by atoms with E-state index < -0.39 is 5.97 Å². The highest BCUT2D eigenvalue weighted by Gasteiger charge is 2.10. The van der Waals surface area contributed by atoms with Gasteiger partial charge in [-0.2, -0.15) is 0 Å². The van der Waals surface area contributed by atoms with Gasteiger partial charge in [-0.15, -0.1) is 11.8 Å². The molecular formula is C21H23FN2O4S. The molecule has 2 rings (SSSR count). The smallest absolute Gasteiger partial charge is 0.338 e. The van der Waals surface area contributed by atoms with Gasteiger partial charge in [-0.3, -0.25) is 9.59 Å². The second-order valence-corrected chi connectivity index (χ2v) is 7.15. The van der Waals surface area contributed by atoms with Crippen molar-refractivity contribution in [3.63, 3.8) is 0 Å². The van der Waals surface area contributed by atoms with Gasteiger partial charge in [-0.25, -0.2) is 9.18 Å². The van der Waals surface area contributed by atoms with E-state index in [1.807, 2.05) is 6.92 Å². The van der Waals surface area contributed by atoms with Gasteiger partial charge in [0.25, 0.3) is 0 Å². The number of benzene rings is 2. The van der Waals surface area contributed by atoms with Crippen molar-refractivity contribution in [3.8, 4) is 0 Å². The maximum absolute atomic E-state index is 12.8. The Labute approximate surface area is 173 Å². The van der Waals surface area contributed by atoms with Crippen molar-refractivity contribution in [3.05, 3.63) is 59.9 Å². The molecule has 0 heterocycles. The number of hydrogen-bond donors (Lipinski definition) is 2. The van der Waals surface area contributed by atoms with Gasteiger partial charge in [0.15, 0.2) is 0 Å². The molecular weight excluding hydrogens is 395 g/mol. The van der Waals surface area contributed by atoms with Gasteiger partial charge in [0, 0.05) is 11.4 Å². The number of amides is 2. The number of nitrogens with one attached hydrogen (secondary N) is 2. The Bertz CT molecular complexity index is 843. The van der Waals surface area contributed by atoms with Crippen LogP contribution in [0, 0.1) is 5.82 Å². The molecule has 0 unspecified atom stereocenters. The lowest BCUT2D eigenvalue weighted by atomic mass is 10.2. The average molecular weight is 418 g/mol. The fraction of sp³-hybridized carbons (Fsp3) is 0.286. The molecule has 0 saturated carbocycles. The average Bonchev–Trinajstić information content (AvgIpc) is 2.70. The molecule has 2 aromatic rings. The first-order valence-electron chi connectivity index (χ1n) is 9.18. The van der Waals surface area contributed by atoms with Gasteiger partial charge in [0.05, 0.1) is 23.7 Å². The number of esters is 1. The van der Waals surface area contributed by atoms with Crippen molar-refractivity contribution < 1.29 is 23.5 Å². The van der Waals surface area contributed by atoms with Crippen LogP contribution in [0.15, 0.2) is 48.5 Å². The third-order valence-electron chi connectivity index (χ3n) is 3.71. The van der Waals surface area contributed by atoms with Crippen molar-refractivity contribution >= 4 is 40.9 Å². The number of hydrogen-bond acceptors (Lipinski definition) is 5. The van der Waals surface area contributed by atoms with Gasteiger partial charge in [-0.1, -0.05) is 19.4 Å². The lowest BCUT2D eigenvalue weighted by Crippen LogP contribution is -2.18. The summed E-state index contributed by atoms with van der Waals surface area (Å²) in [5.74, 6) is -1.24. The Morgan fingerprint density at radius 1 is 0.966 bits per heavy atom. The van der Waals surface area contributed by atoms with E-state index in [4.69, 9.17) is 4.74 Å². The number of unbranched alkanes of at least 4 members (excludes halogenated alkanes) is 1. The fourth-order valence-electron chi connectivity index (χ4n) is 2.28. The van der Waals surface area contributed by atoms with Crippen LogP contribution in [-0.4, -0.2) is 35.9 Å². The lowest BCUT2D eigenvalue weighted by molar-refractivity contribution is -0.114. The minimum Gasteiger partial charge on any atom is -0.462 e. The van der Waals surface area contributed by atoms with E-state index in [-0.39, 0.29) is 29.1 Å². The number of halogens is 1. The summed E-state index contributed by atoms with van der Waals surface area (Å²) >= 11 is 1.15. The van der Waals surface area contributed by atoms with Crippen LogP contribution in [0.2, 0.25) is 0 Å². The molecule has 2 N–H and O–H groups in total. The number of anilines is 2. The molecule has 154 valence electrons. The summed E-state index contributed by atoms with van der Waals surface area (Å²) in [6.07, 6.45) is 1.73. The monoisotopic (exact) mass is 418 g/mol. The zero-order valence-corrected chi connectivity index (χ0v) is 16.9. The van der Waals surface area contributed by atoms with Crippen LogP contribution in [-0.2, 0) is 14.3 Å². The molecule has 0 fully saturated rings. The molecule has 8 heteroatoms. The molecule has 0 atom stereocenters. The third-order valence-corrected chi connectivity index (χ3v) is 4.64. The Morgan fingerprint density at radius 2 is 1.62 bits per heavy atom. The van der Waals surface area contributed by atoms with Gasteiger partial charge in [0.2, 0.25) is 11.8 Å². The minimum absolute atomic E-state index is 0.0714. The topological polar surface area (TPSA) is 84.5 Å². The zero-order valence-electron chi connectivity index (χ0n) is 16.1. The molecule has 0 aliphatic rings. The molecule has 0 spiro atoms. The minimum atomic E-state index is -0.429. The van der Waals surface area contributed by atoms with Crippen LogP contribution >= 0.6 is 11.8 Å². The van der Waals surface area contributed by atoms with E-state index >= 15 is 0 Å². The molecule has 2 amide bonds. The van der Waals surface area contributed by atoms with Crippen molar-refractivity contribution in [2.75, 3.05) is 28.7 Å². The highest BCUT2D eigenvalue weighted by Crippen LogP contribution is 2.13. The first-order valence-corrected chi connectivity index (χ1v) is 10.3. The number of rotatable bonds is 10. The van der Waals surface area contributed by atoms with Crippen LogP contribution < -0.4 is 10.6 Å². The van der Waals surface area contributed by atoms with E-state index in [0.717, 1.165) is 24.6 Å². The van der Waals surface area contributed by atoms with E-state index in [9.17, 15) is 18.8 Å². The van der Waals surface area contributed by atoms with Crippen LogP contribution in [0.25, 0.3) is 0 Å². The molecule has 29 heavy (non-hydrogen) atoms. The Hall–Kier alpha value is -2.87. The van der Waals surface area contributed by atoms with Crippen LogP contribution in [0.3, 0.4) is 0 Å². The second-order valence-electron chi connectivity index (χ2n) is 6.17. The highest BCUT2D eigenvalue weighted by molar-refractivity contribution is 8.00. The van der Waals surface area contributed by atoms with Gasteiger partial charge in [-0.05, 0) is 48.9 Å². The largest absolute Gasteiger partial charge is 0.462 e. The summed E-state index contributed by atoms with van der Waals surface area (Å²) in [5, 5.41) is 5.32. The Balaban J connectivity index is 1.74. The van der Waals surface area contributed by atoms with E-state index in [0.29, 0.717) is 23.5 Å². The predicted molar refractivity (Wildman–Crippen MR) is 113 cm³/mol. The van der Waals surface area contributed by atoms with E-state index in [2.05, 4.69) is 10.6 Å². The van der Waals surface area contributed by atoms with Crippen LogP contribution in [0.1, 0.15) is 30.1 Å². The molecule has 0 aromatic heterocycles. The maximum atomic E-state index is 12.8. The molecule has 0 aliphatic carbocycles. The summed E-state index contributed by atoms with van der Waals surface area (Å²) in [6, 6.07) is 11.9. The van der Waals surface area contributed by atoms with E-state index in [1.54, 1.807) is 24.3 Å². The zero-order chi connectivity index (χ0) is 21.1.